The molecule has 0 unspecified atom stereocenters. The molecule has 0 saturated carbocycles. The first-order valence-electron chi connectivity index (χ1n) is 8.23. The number of nitrogens with zero attached hydrogens (tertiary/aromatic N) is 2. The number of hydrogen-bond acceptors (Lipinski definition) is 5. The van der Waals surface area contributed by atoms with Crippen LogP contribution in [0.25, 0.3) is 0 Å². The molecule has 7 nitrogen and oxygen atoms in total. The Hall–Kier alpha value is -3.45. The summed E-state index contributed by atoms with van der Waals surface area (Å²) >= 11 is 5.87. The number of rotatable bonds is 5. The summed E-state index contributed by atoms with van der Waals surface area (Å²) in [5.41, 5.74) is 1.08. The van der Waals surface area contributed by atoms with Crippen molar-refractivity contribution in [2.75, 3.05) is 12.4 Å². The maximum absolute atomic E-state index is 12.8. The molecule has 0 aliphatic rings. The van der Waals surface area contributed by atoms with E-state index in [1.165, 1.54) is 24.1 Å². The van der Waals surface area contributed by atoms with Crippen LogP contribution in [0, 0.1) is 0 Å². The van der Waals surface area contributed by atoms with Crippen LogP contribution in [0.2, 0.25) is 5.02 Å². The summed E-state index contributed by atoms with van der Waals surface area (Å²) in [5, 5.41) is 7.10. The SMILES string of the molecule is COC(=O)c1c(NC(=O)c2ccccc2C(=O)c2ccc(Cl)cc2)cnn1C. The minimum atomic E-state index is -0.638. The van der Waals surface area contributed by atoms with E-state index in [1.807, 2.05) is 0 Å². The second-order valence-corrected chi connectivity index (χ2v) is 6.29. The molecule has 0 fully saturated rings. The lowest BCUT2D eigenvalue weighted by molar-refractivity contribution is 0.0589. The van der Waals surface area contributed by atoms with E-state index < -0.39 is 11.9 Å². The Balaban J connectivity index is 1.93. The zero-order valence-corrected chi connectivity index (χ0v) is 15.9. The third kappa shape index (κ3) is 3.79. The van der Waals surface area contributed by atoms with E-state index in [0.717, 1.165) is 0 Å². The first-order chi connectivity index (χ1) is 13.4. The van der Waals surface area contributed by atoms with Gasteiger partial charge in [0.25, 0.3) is 5.91 Å². The largest absolute Gasteiger partial charge is 0.464 e. The number of benzene rings is 2. The zero-order chi connectivity index (χ0) is 20.3. The molecule has 3 rings (SSSR count). The Morgan fingerprint density at radius 3 is 2.32 bits per heavy atom. The molecule has 3 aromatic rings. The van der Waals surface area contributed by atoms with Gasteiger partial charge < -0.3 is 10.1 Å². The first kappa shape index (κ1) is 19.3. The molecule has 0 aliphatic carbocycles. The Morgan fingerprint density at radius 2 is 1.68 bits per heavy atom. The zero-order valence-electron chi connectivity index (χ0n) is 15.1. The number of carbonyl (C=O) groups is 3. The van der Waals surface area contributed by atoms with Crippen molar-refractivity contribution in [1.82, 2.24) is 9.78 Å². The van der Waals surface area contributed by atoms with E-state index in [9.17, 15) is 14.4 Å². The number of aromatic nitrogens is 2. The average molecular weight is 398 g/mol. The summed E-state index contributed by atoms with van der Waals surface area (Å²) in [6, 6.07) is 12.8. The fourth-order valence-electron chi connectivity index (χ4n) is 2.69. The number of hydrogen-bond donors (Lipinski definition) is 1. The van der Waals surface area contributed by atoms with Crippen molar-refractivity contribution in [3.63, 3.8) is 0 Å². The molecule has 0 atom stereocenters. The van der Waals surface area contributed by atoms with Crippen LogP contribution in [0.3, 0.4) is 0 Å². The van der Waals surface area contributed by atoms with Gasteiger partial charge in [0.2, 0.25) is 0 Å². The molecule has 8 heteroatoms. The number of methoxy groups -OCH3 is 1. The number of nitrogens with one attached hydrogen (secondary N) is 1. The predicted octanol–water partition coefficient (Wildman–Crippen LogP) is 3.34. The fraction of sp³-hybridized carbons (Fsp3) is 0.100. The Morgan fingerprint density at radius 1 is 1.04 bits per heavy atom. The highest BCUT2D eigenvalue weighted by atomic mass is 35.5. The van der Waals surface area contributed by atoms with Gasteiger partial charge in [0.15, 0.2) is 11.5 Å². The van der Waals surface area contributed by atoms with Crippen molar-refractivity contribution in [1.29, 1.82) is 0 Å². The van der Waals surface area contributed by atoms with E-state index in [0.29, 0.717) is 10.6 Å². The van der Waals surface area contributed by atoms with E-state index in [-0.39, 0.29) is 28.3 Å². The summed E-state index contributed by atoms with van der Waals surface area (Å²) in [6.45, 7) is 0. The lowest BCUT2D eigenvalue weighted by Crippen LogP contribution is -2.19. The molecule has 1 heterocycles. The number of carbonyl (C=O) groups excluding carboxylic acids is 3. The fourth-order valence-corrected chi connectivity index (χ4v) is 2.82. The Labute approximate surface area is 165 Å². The van der Waals surface area contributed by atoms with Gasteiger partial charge in [-0.2, -0.15) is 5.10 Å². The molecule has 1 N–H and O–H groups in total. The molecule has 1 amide bonds. The molecule has 0 bridgehead atoms. The maximum atomic E-state index is 12.8. The van der Waals surface area contributed by atoms with Crippen LogP contribution in [0.4, 0.5) is 5.69 Å². The van der Waals surface area contributed by atoms with Gasteiger partial charge in [0.05, 0.1) is 24.6 Å². The van der Waals surface area contributed by atoms with E-state index >= 15 is 0 Å². The van der Waals surface area contributed by atoms with Gasteiger partial charge in [-0.1, -0.05) is 29.8 Å². The molecule has 0 spiro atoms. The normalized spacial score (nSPS) is 10.4. The van der Waals surface area contributed by atoms with Crippen molar-refractivity contribution in [2.24, 2.45) is 7.05 Å². The summed E-state index contributed by atoms with van der Waals surface area (Å²) in [6.07, 6.45) is 1.34. The number of anilines is 1. The molecule has 2 aromatic carbocycles. The average Bonchev–Trinajstić information content (AvgIpc) is 3.07. The van der Waals surface area contributed by atoms with Crippen molar-refractivity contribution in [2.45, 2.75) is 0 Å². The number of halogens is 1. The van der Waals surface area contributed by atoms with Crippen LogP contribution in [0.1, 0.15) is 36.8 Å². The molecular formula is C20H16ClN3O4. The number of ketones is 1. The lowest BCUT2D eigenvalue weighted by Gasteiger charge is -2.10. The Kier molecular flexibility index (Phi) is 5.56. The van der Waals surface area contributed by atoms with Crippen molar-refractivity contribution >= 4 is 34.9 Å². The predicted molar refractivity (Wildman–Crippen MR) is 104 cm³/mol. The molecule has 28 heavy (non-hydrogen) atoms. The highest BCUT2D eigenvalue weighted by Gasteiger charge is 2.22. The number of esters is 1. The second-order valence-electron chi connectivity index (χ2n) is 5.86. The molecule has 0 aliphatic heterocycles. The first-order valence-corrected chi connectivity index (χ1v) is 8.61. The summed E-state index contributed by atoms with van der Waals surface area (Å²) in [7, 11) is 2.79. The third-order valence-corrected chi connectivity index (χ3v) is 4.34. The van der Waals surface area contributed by atoms with Crippen LogP contribution in [0.5, 0.6) is 0 Å². The van der Waals surface area contributed by atoms with Gasteiger partial charge in [-0.25, -0.2) is 4.79 Å². The topological polar surface area (TPSA) is 90.3 Å². The third-order valence-electron chi connectivity index (χ3n) is 4.09. The van der Waals surface area contributed by atoms with Gasteiger partial charge in [0, 0.05) is 23.2 Å². The van der Waals surface area contributed by atoms with Gasteiger partial charge in [-0.3, -0.25) is 14.3 Å². The summed E-state index contributed by atoms with van der Waals surface area (Å²) in [4.78, 5) is 37.6. The monoisotopic (exact) mass is 397 g/mol. The van der Waals surface area contributed by atoms with Crippen LogP contribution in [0.15, 0.2) is 54.7 Å². The van der Waals surface area contributed by atoms with Crippen LogP contribution in [-0.4, -0.2) is 34.6 Å². The standard InChI is InChI=1S/C20H16ClN3O4/c1-24-17(20(27)28-2)16(11-22-24)23-19(26)15-6-4-3-5-14(15)18(25)12-7-9-13(21)10-8-12/h3-11H,1-2H3,(H,23,26). The smallest absolute Gasteiger partial charge is 0.358 e. The van der Waals surface area contributed by atoms with Crippen LogP contribution in [-0.2, 0) is 11.8 Å². The number of ether oxygens (including phenoxy) is 1. The summed E-state index contributed by atoms with van der Waals surface area (Å²) in [5.74, 6) is -1.50. The maximum Gasteiger partial charge on any atom is 0.358 e. The van der Waals surface area contributed by atoms with Gasteiger partial charge >= 0.3 is 5.97 Å². The van der Waals surface area contributed by atoms with Gasteiger partial charge in [-0.15, -0.1) is 0 Å². The highest BCUT2D eigenvalue weighted by Crippen LogP contribution is 2.20. The molecule has 0 radical (unpaired) electrons. The van der Waals surface area contributed by atoms with E-state index in [2.05, 4.69) is 10.4 Å². The number of amides is 1. The molecule has 0 saturated heterocycles. The van der Waals surface area contributed by atoms with E-state index in [4.69, 9.17) is 16.3 Å². The molecule has 1 aromatic heterocycles. The van der Waals surface area contributed by atoms with Crippen LogP contribution < -0.4 is 5.32 Å². The van der Waals surface area contributed by atoms with Crippen molar-refractivity contribution in [3.8, 4) is 0 Å². The molecular weight excluding hydrogens is 382 g/mol. The highest BCUT2D eigenvalue weighted by molar-refractivity contribution is 6.30. The quantitative estimate of drug-likeness (QED) is 0.526. The Bertz CT molecular complexity index is 1060. The minimum Gasteiger partial charge on any atom is -0.464 e. The second kappa shape index (κ2) is 8.06. The van der Waals surface area contributed by atoms with Gasteiger partial charge in [0.1, 0.15) is 0 Å². The van der Waals surface area contributed by atoms with Crippen molar-refractivity contribution in [3.05, 3.63) is 82.1 Å². The lowest BCUT2D eigenvalue weighted by atomic mass is 9.98. The molecule has 142 valence electrons. The van der Waals surface area contributed by atoms with Crippen LogP contribution >= 0.6 is 11.6 Å². The van der Waals surface area contributed by atoms with E-state index in [1.54, 1.807) is 49.5 Å². The summed E-state index contributed by atoms with van der Waals surface area (Å²) < 4.78 is 6.01. The number of aryl methyl sites for hydroxylation is 1. The van der Waals surface area contributed by atoms with Crippen molar-refractivity contribution < 1.29 is 19.1 Å². The van der Waals surface area contributed by atoms with Gasteiger partial charge in [-0.05, 0) is 30.3 Å². The minimum absolute atomic E-state index is 0.0948.